The van der Waals surface area contributed by atoms with Crippen LogP contribution in [-0.2, 0) is 30.9 Å². The Hall–Kier alpha value is -0.680. The minimum atomic E-state index is -5.40. The third-order valence-electron chi connectivity index (χ3n) is 1.93. The molecule has 1 aromatic carbocycles. The maximum Gasteiger partial charge on any atom is 0.524 e. The summed E-state index contributed by atoms with van der Waals surface area (Å²) >= 11 is -4.84. The maximum absolute atomic E-state index is 11.1. The molecule has 4 N–H and O–H groups in total. The molecule has 0 fully saturated rings. The van der Waals surface area contributed by atoms with Crippen LogP contribution in [0.5, 0.6) is 5.75 Å². The predicted molar refractivity (Wildman–Crippen MR) is 72.8 cm³/mol. The summed E-state index contributed by atoms with van der Waals surface area (Å²) in [5, 5.41) is 0. The van der Waals surface area contributed by atoms with Gasteiger partial charge in [-0.25, -0.2) is 10.7 Å². The van der Waals surface area contributed by atoms with Crippen LogP contribution in [0.2, 0.25) is 0 Å². The lowest BCUT2D eigenvalue weighted by molar-refractivity contribution is 0.281. The van der Waals surface area contributed by atoms with E-state index in [0.717, 1.165) is 0 Å². The lowest BCUT2D eigenvalue weighted by Gasteiger charge is -2.11. The largest absolute Gasteiger partial charge is 0.524 e. The van der Waals surface area contributed by atoms with Crippen molar-refractivity contribution < 1.29 is 51.0 Å². The number of halogens is 1. The van der Waals surface area contributed by atoms with Crippen molar-refractivity contribution in [2.45, 2.75) is 9.79 Å². The molecule has 12 nitrogen and oxygen atoms in total. The van der Waals surface area contributed by atoms with Crippen molar-refractivity contribution in [1.82, 2.24) is 0 Å². The van der Waals surface area contributed by atoms with Gasteiger partial charge < -0.3 is 4.52 Å². The van der Waals surface area contributed by atoms with Crippen LogP contribution in [0.25, 0.3) is 0 Å². The molecule has 0 saturated heterocycles. The van der Waals surface area contributed by atoms with Gasteiger partial charge in [0, 0.05) is 6.07 Å². The highest BCUT2D eigenvalue weighted by atomic mass is 127. The quantitative estimate of drug-likeness (QED) is 0.244. The van der Waals surface area contributed by atoms with Crippen LogP contribution in [0, 0.1) is 3.57 Å². The average molecular weight is 492 g/mol. The normalized spacial score (nSPS) is 13.3. The monoisotopic (exact) mass is 492 g/mol. The predicted octanol–water partition coefficient (Wildman–Crippen LogP) is 0.0185. The Bertz CT molecular complexity index is 928. The number of rotatable bonds is 5. The topological polar surface area (TPSA) is 210 Å². The summed E-state index contributed by atoms with van der Waals surface area (Å²) in [5.74, 6) is -1.34. The highest BCUT2D eigenvalue weighted by Crippen LogP contribution is 2.44. The van der Waals surface area contributed by atoms with Gasteiger partial charge >= 0.3 is 27.6 Å². The van der Waals surface area contributed by atoms with Crippen molar-refractivity contribution in [3.63, 3.8) is 0 Å². The molecular weight excluding hydrogens is 486 g/mol. The van der Waals surface area contributed by atoms with E-state index >= 15 is 0 Å². The third kappa shape index (κ3) is 4.92. The van der Waals surface area contributed by atoms with Crippen LogP contribution < -0.4 is 4.52 Å². The van der Waals surface area contributed by atoms with Gasteiger partial charge in [-0.3, -0.25) is 18.9 Å². The molecule has 0 radical (unpaired) electrons. The van der Waals surface area contributed by atoms with E-state index in [1.807, 2.05) is 0 Å². The SMILES string of the molecule is O=I(=O)c1c(OP(=O)(O)O)cc(S(=O)(=O)O)cc1S(=O)(=O)O. The molecule has 0 aliphatic heterocycles. The second-order valence-corrected chi connectivity index (χ2v) is 9.78. The number of phosphoric acid groups is 1. The Morgan fingerprint density at radius 3 is 1.82 bits per heavy atom. The highest BCUT2D eigenvalue weighted by molar-refractivity contribution is 14.2. The summed E-state index contributed by atoms with van der Waals surface area (Å²) < 4.78 is 97.7. The van der Waals surface area contributed by atoms with Gasteiger partial charge in [0.25, 0.3) is 20.2 Å². The van der Waals surface area contributed by atoms with E-state index in [4.69, 9.17) is 18.9 Å². The molecule has 1 aromatic rings. The molecule has 0 aromatic heterocycles. The Morgan fingerprint density at radius 1 is 1.00 bits per heavy atom. The molecule has 0 aliphatic carbocycles. The zero-order valence-electron chi connectivity index (χ0n) is 9.85. The van der Waals surface area contributed by atoms with E-state index in [1.165, 1.54) is 0 Å². The van der Waals surface area contributed by atoms with Crippen molar-refractivity contribution in [1.29, 1.82) is 0 Å². The third-order valence-corrected chi connectivity index (χ3v) is 6.43. The van der Waals surface area contributed by atoms with E-state index in [2.05, 4.69) is 4.52 Å². The molecule has 0 spiro atoms. The van der Waals surface area contributed by atoms with E-state index in [-0.39, 0.29) is 12.1 Å². The molecule has 1 rings (SSSR count). The van der Waals surface area contributed by atoms with E-state index < -0.39 is 67.0 Å². The van der Waals surface area contributed by atoms with Gasteiger partial charge in [0.15, 0.2) is 5.75 Å². The number of phosphoric ester groups is 1. The first-order valence-corrected chi connectivity index (χ1v) is 11.8. The molecular formula is C6H6IO12PS2. The summed E-state index contributed by atoms with van der Waals surface area (Å²) in [6, 6.07) is 0.297. The Morgan fingerprint density at radius 2 is 1.50 bits per heavy atom. The zero-order chi connectivity index (χ0) is 17.5. The van der Waals surface area contributed by atoms with Crippen LogP contribution in [-0.4, -0.2) is 35.7 Å². The van der Waals surface area contributed by atoms with E-state index in [9.17, 15) is 27.5 Å². The van der Waals surface area contributed by atoms with Gasteiger partial charge in [-0.15, -0.1) is 0 Å². The van der Waals surface area contributed by atoms with Gasteiger partial charge in [0.2, 0.25) is 0 Å². The van der Waals surface area contributed by atoms with Crippen LogP contribution in [0.4, 0.5) is 0 Å². The van der Waals surface area contributed by atoms with Crippen LogP contribution in [0.15, 0.2) is 21.9 Å². The number of hydrogen-bond acceptors (Lipinski definition) is 8. The molecule has 0 atom stereocenters. The van der Waals surface area contributed by atoms with Gasteiger partial charge in [-0.1, -0.05) is 0 Å². The first-order chi connectivity index (χ1) is 9.63. The smallest absolute Gasteiger partial charge is 0.403 e. The standard InChI is InChI=1S/C6H6IO12PS2/c8-7(9)6-4(19-20(10,11)12)1-3(21(13,14)15)2-5(6)22(16,17)18/h1-2H,(H2,10,11,12)(H,13,14,15)(H,16,17,18). The summed E-state index contributed by atoms with van der Waals surface area (Å²) in [6.45, 7) is 0. The Balaban J connectivity index is 3.99. The van der Waals surface area contributed by atoms with Crippen LogP contribution in [0.3, 0.4) is 0 Å². The van der Waals surface area contributed by atoms with Crippen molar-refractivity contribution in [2.75, 3.05) is 0 Å². The van der Waals surface area contributed by atoms with Crippen LogP contribution >= 0.6 is 27.6 Å². The van der Waals surface area contributed by atoms with Gasteiger partial charge in [0.1, 0.15) is 8.47 Å². The molecule has 22 heavy (non-hydrogen) atoms. The lowest BCUT2D eigenvalue weighted by atomic mass is 10.3. The van der Waals surface area contributed by atoms with Crippen molar-refractivity contribution in [3.8, 4) is 5.75 Å². The number of benzene rings is 1. The minimum Gasteiger partial charge on any atom is -0.403 e. The summed E-state index contributed by atoms with van der Waals surface area (Å²) in [5.41, 5.74) is 0. The fourth-order valence-electron chi connectivity index (χ4n) is 1.23. The van der Waals surface area contributed by atoms with Crippen molar-refractivity contribution >= 4 is 47.9 Å². The molecule has 0 saturated carbocycles. The summed E-state index contributed by atoms with van der Waals surface area (Å²) in [4.78, 5) is 14.5. The van der Waals surface area contributed by atoms with E-state index in [1.54, 1.807) is 0 Å². The zero-order valence-corrected chi connectivity index (χ0v) is 14.5. The maximum atomic E-state index is 11.1. The molecule has 126 valence electrons. The molecule has 16 heteroatoms. The second-order valence-electron chi connectivity index (χ2n) is 3.48. The van der Waals surface area contributed by atoms with Crippen molar-refractivity contribution in [2.24, 2.45) is 0 Å². The van der Waals surface area contributed by atoms with Crippen LogP contribution in [0.1, 0.15) is 0 Å². The van der Waals surface area contributed by atoms with Crippen molar-refractivity contribution in [3.05, 3.63) is 15.7 Å². The first kappa shape index (κ1) is 19.4. The first-order valence-electron chi connectivity index (χ1n) is 4.56. The van der Waals surface area contributed by atoms with Gasteiger partial charge in [-0.05, 0) is 6.07 Å². The molecule has 0 amide bonds. The van der Waals surface area contributed by atoms with E-state index in [0.29, 0.717) is 0 Å². The summed E-state index contributed by atoms with van der Waals surface area (Å²) in [7, 11) is -15.8. The van der Waals surface area contributed by atoms with Gasteiger partial charge in [0.05, 0.1) is 4.90 Å². The van der Waals surface area contributed by atoms with Gasteiger partial charge in [-0.2, -0.15) is 16.8 Å². The highest BCUT2D eigenvalue weighted by Gasteiger charge is 2.30. The summed E-state index contributed by atoms with van der Waals surface area (Å²) in [6.07, 6.45) is 0. The Kier molecular flexibility index (Phi) is 5.35. The molecule has 0 bridgehead atoms. The molecule has 0 heterocycles. The second kappa shape index (κ2) is 6.08. The molecule has 0 unspecified atom stereocenters. The molecule has 0 aliphatic rings. The lowest BCUT2D eigenvalue weighted by Crippen LogP contribution is -2.08. The average Bonchev–Trinajstić information content (AvgIpc) is 2.22. The Labute approximate surface area is 130 Å². The minimum absolute atomic E-state index is 0.104. The fourth-order valence-corrected chi connectivity index (χ4v) is 5.55. The number of hydrogen-bond donors (Lipinski definition) is 4. The fraction of sp³-hybridized carbons (Fsp3) is 0.